The van der Waals surface area contributed by atoms with Gasteiger partial charge in [-0.05, 0) is 61.9 Å². The number of ether oxygens (including phenoxy) is 3. The predicted molar refractivity (Wildman–Crippen MR) is 93.0 cm³/mol. The standard InChI is InChI=1S/C18H22N2O3/c1-4-22-17-11-6-14(12-18(17)23-5-2)13-19-20-15-7-9-16(21-3)10-8-15/h6-13,20H,4-5H2,1-3H3/b19-13+. The summed E-state index contributed by atoms with van der Waals surface area (Å²) in [6.07, 6.45) is 1.74. The molecule has 122 valence electrons. The first-order valence-electron chi connectivity index (χ1n) is 7.59. The lowest BCUT2D eigenvalue weighted by Gasteiger charge is -2.11. The molecule has 0 radical (unpaired) electrons. The molecule has 5 heteroatoms. The molecule has 0 spiro atoms. The van der Waals surface area contributed by atoms with Gasteiger partial charge >= 0.3 is 0 Å². The number of rotatable bonds is 8. The van der Waals surface area contributed by atoms with Crippen LogP contribution < -0.4 is 19.6 Å². The zero-order valence-corrected chi connectivity index (χ0v) is 13.7. The van der Waals surface area contributed by atoms with Gasteiger partial charge in [-0.3, -0.25) is 5.43 Å². The molecule has 23 heavy (non-hydrogen) atoms. The second-order valence-electron chi connectivity index (χ2n) is 4.67. The van der Waals surface area contributed by atoms with E-state index in [0.717, 1.165) is 28.5 Å². The fraction of sp³-hybridized carbons (Fsp3) is 0.278. The van der Waals surface area contributed by atoms with Gasteiger partial charge < -0.3 is 14.2 Å². The summed E-state index contributed by atoms with van der Waals surface area (Å²) >= 11 is 0. The lowest BCUT2D eigenvalue weighted by molar-refractivity contribution is 0.288. The summed E-state index contributed by atoms with van der Waals surface area (Å²) in [7, 11) is 1.64. The molecule has 0 aliphatic heterocycles. The molecule has 0 aliphatic rings. The third-order valence-electron chi connectivity index (χ3n) is 3.06. The molecule has 2 rings (SSSR count). The molecule has 0 aliphatic carbocycles. The van der Waals surface area contributed by atoms with Crippen LogP contribution in [-0.4, -0.2) is 26.5 Å². The van der Waals surface area contributed by atoms with Crippen molar-refractivity contribution in [2.75, 3.05) is 25.7 Å². The van der Waals surface area contributed by atoms with Crippen molar-refractivity contribution < 1.29 is 14.2 Å². The molecule has 2 aromatic carbocycles. The number of hydrogen-bond acceptors (Lipinski definition) is 5. The SMILES string of the molecule is CCOc1ccc(/C=N/Nc2ccc(OC)cc2)cc1OCC. The van der Waals surface area contributed by atoms with Crippen LogP contribution in [-0.2, 0) is 0 Å². The van der Waals surface area contributed by atoms with Crippen molar-refractivity contribution in [3.05, 3.63) is 48.0 Å². The van der Waals surface area contributed by atoms with E-state index in [1.165, 1.54) is 0 Å². The summed E-state index contributed by atoms with van der Waals surface area (Å²) in [6.45, 7) is 5.09. The Balaban J connectivity index is 2.04. The van der Waals surface area contributed by atoms with Crippen molar-refractivity contribution in [1.82, 2.24) is 0 Å². The zero-order valence-electron chi connectivity index (χ0n) is 13.7. The minimum Gasteiger partial charge on any atom is -0.497 e. The van der Waals surface area contributed by atoms with Crippen molar-refractivity contribution in [3.8, 4) is 17.2 Å². The van der Waals surface area contributed by atoms with Crippen LogP contribution in [0, 0.1) is 0 Å². The first kappa shape index (κ1) is 16.7. The van der Waals surface area contributed by atoms with Crippen LogP contribution in [0.5, 0.6) is 17.2 Å². The van der Waals surface area contributed by atoms with Crippen LogP contribution in [0.15, 0.2) is 47.6 Å². The number of nitrogens with one attached hydrogen (secondary N) is 1. The van der Waals surface area contributed by atoms with Crippen molar-refractivity contribution in [2.24, 2.45) is 5.10 Å². The van der Waals surface area contributed by atoms with Gasteiger partial charge in [-0.25, -0.2) is 0 Å². The molecule has 0 fully saturated rings. The number of hydrazone groups is 1. The van der Waals surface area contributed by atoms with E-state index in [1.807, 2.05) is 56.3 Å². The molecule has 0 bridgehead atoms. The second kappa shape index (κ2) is 8.68. The molecule has 0 atom stereocenters. The summed E-state index contributed by atoms with van der Waals surface area (Å²) in [5.74, 6) is 2.28. The van der Waals surface area contributed by atoms with E-state index in [1.54, 1.807) is 13.3 Å². The van der Waals surface area contributed by atoms with E-state index in [-0.39, 0.29) is 0 Å². The van der Waals surface area contributed by atoms with E-state index in [9.17, 15) is 0 Å². The molecule has 0 aromatic heterocycles. The van der Waals surface area contributed by atoms with E-state index < -0.39 is 0 Å². The molecule has 5 nitrogen and oxygen atoms in total. The normalized spacial score (nSPS) is 10.6. The second-order valence-corrected chi connectivity index (χ2v) is 4.67. The van der Waals surface area contributed by atoms with Crippen LogP contribution in [0.4, 0.5) is 5.69 Å². The minimum atomic E-state index is 0.588. The highest BCUT2D eigenvalue weighted by molar-refractivity contribution is 5.81. The molecule has 1 N–H and O–H groups in total. The summed E-state index contributed by atoms with van der Waals surface area (Å²) in [4.78, 5) is 0. The Hall–Kier alpha value is -2.69. The molecule has 2 aromatic rings. The Morgan fingerprint density at radius 2 is 1.65 bits per heavy atom. The monoisotopic (exact) mass is 314 g/mol. The lowest BCUT2D eigenvalue weighted by Crippen LogP contribution is -1.99. The summed E-state index contributed by atoms with van der Waals surface area (Å²) in [5.41, 5.74) is 4.79. The average molecular weight is 314 g/mol. The molecule has 0 amide bonds. The Kier molecular flexibility index (Phi) is 6.29. The molecule has 0 heterocycles. The van der Waals surface area contributed by atoms with E-state index >= 15 is 0 Å². The van der Waals surface area contributed by atoms with Crippen molar-refractivity contribution in [3.63, 3.8) is 0 Å². The van der Waals surface area contributed by atoms with E-state index in [2.05, 4.69) is 10.5 Å². The fourth-order valence-corrected chi connectivity index (χ4v) is 1.99. The van der Waals surface area contributed by atoms with Crippen molar-refractivity contribution in [1.29, 1.82) is 0 Å². The van der Waals surface area contributed by atoms with Gasteiger partial charge in [0.25, 0.3) is 0 Å². The number of anilines is 1. The van der Waals surface area contributed by atoms with Gasteiger partial charge in [0.15, 0.2) is 11.5 Å². The molecular weight excluding hydrogens is 292 g/mol. The Morgan fingerprint density at radius 3 is 2.30 bits per heavy atom. The minimum absolute atomic E-state index is 0.588. The Bertz CT molecular complexity index is 639. The zero-order chi connectivity index (χ0) is 16.5. The average Bonchev–Trinajstić information content (AvgIpc) is 2.58. The van der Waals surface area contributed by atoms with Gasteiger partial charge in [0.2, 0.25) is 0 Å². The van der Waals surface area contributed by atoms with Crippen molar-refractivity contribution >= 4 is 11.9 Å². The van der Waals surface area contributed by atoms with Gasteiger partial charge in [0.05, 0.1) is 32.2 Å². The smallest absolute Gasteiger partial charge is 0.161 e. The Labute approximate surface area is 136 Å². The topological polar surface area (TPSA) is 52.1 Å². The van der Waals surface area contributed by atoms with Crippen LogP contribution >= 0.6 is 0 Å². The molecule has 0 unspecified atom stereocenters. The van der Waals surface area contributed by atoms with Crippen LogP contribution in [0.2, 0.25) is 0 Å². The predicted octanol–water partition coefficient (Wildman–Crippen LogP) is 3.94. The van der Waals surface area contributed by atoms with Gasteiger partial charge in [-0.1, -0.05) is 0 Å². The van der Waals surface area contributed by atoms with Gasteiger partial charge in [-0.15, -0.1) is 0 Å². The summed E-state index contributed by atoms with van der Waals surface area (Å²) in [5, 5.41) is 4.23. The van der Waals surface area contributed by atoms with Gasteiger partial charge in [0, 0.05) is 0 Å². The largest absolute Gasteiger partial charge is 0.497 e. The number of nitrogens with zero attached hydrogens (tertiary/aromatic N) is 1. The highest BCUT2D eigenvalue weighted by Crippen LogP contribution is 2.28. The maximum absolute atomic E-state index is 5.60. The van der Waals surface area contributed by atoms with E-state index in [4.69, 9.17) is 14.2 Å². The molecule has 0 saturated carbocycles. The number of benzene rings is 2. The van der Waals surface area contributed by atoms with Crippen LogP contribution in [0.25, 0.3) is 0 Å². The van der Waals surface area contributed by atoms with Gasteiger partial charge in [-0.2, -0.15) is 5.10 Å². The first-order valence-corrected chi connectivity index (χ1v) is 7.59. The van der Waals surface area contributed by atoms with E-state index in [0.29, 0.717) is 13.2 Å². The fourth-order valence-electron chi connectivity index (χ4n) is 1.99. The van der Waals surface area contributed by atoms with Crippen LogP contribution in [0.1, 0.15) is 19.4 Å². The quantitative estimate of drug-likeness (QED) is 0.592. The maximum atomic E-state index is 5.60. The number of hydrogen-bond donors (Lipinski definition) is 1. The molecule has 0 saturated heterocycles. The van der Waals surface area contributed by atoms with Crippen molar-refractivity contribution in [2.45, 2.75) is 13.8 Å². The Morgan fingerprint density at radius 1 is 0.957 bits per heavy atom. The van der Waals surface area contributed by atoms with Gasteiger partial charge in [0.1, 0.15) is 5.75 Å². The lowest BCUT2D eigenvalue weighted by atomic mass is 10.2. The summed E-state index contributed by atoms with van der Waals surface area (Å²) in [6, 6.07) is 13.3. The van der Waals surface area contributed by atoms with Crippen LogP contribution in [0.3, 0.4) is 0 Å². The molecular formula is C18H22N2O3. The third-order valence-corrected chi connectivity index (χ3v) is 3.06. The maximum Gasteiger partial charge on any atom is 0.161 e. The highest BCUT2D eigenvalue weighted by Gasteiger charge is 2.05. The summed E-state index contributed by atoms with van der Waals surface area (Å²) < 4.78 is 16.3. The number of methoxy groups -OCH3 is 1. The first-order chi connectivity index (χ1) is 11.3. The highest BCUT2D eigenvalue weighted by atomic mass is 16.5. The third kappa shape index (κ3) is 4.92.